The quantitative estimate of drug-likeness (QED) is 0.876. The second-order valence-corrected chi connectivity index (χ2v) is 5.53. The molecule has 2 nitrogen and oxygen atoms in total. The molecule has 0 fully saturated rings. The van der Waals surface area contributed by atoms with E-state index in [4.69, 9.17) is 17.3 Å². The third-order valence-electron chi connectivity index (χ3n) is 1.85. The van der Waals surface area contributed by atoms with E-state index < -0.39 is 0 Å². The second kappa shape index (κ2) is 3.88. The highest BCUT2D eigenvalue weighted by molar-refractivity contribution is 7.25. The van der Waals surface area contributed by atoms with Crippen LogP contribution in [-0.4, -0.2) is 4.98 Å². The van der Waals surface area contributed by atoms with Gasteiger partial charge in [-0.2, -0.15) is 0 Å². The summed E-state index contributed by atoms with van der Waals surface area (Å²) in [6, 6.07) is 3.86. The number of rotatable bonds is 2. The zero-order valence-corrected chi connectivity index (χ0v) is 9.97. The van der Waals surface area contributed by atoms with Crippen LogP contribution in [0.2, 0.25) is 4.34 Å². The van der Waals surface area contributed by atoms with Gasteiger partial charge in [0.25, 0.3) is 0 Å². The number of nitrogens with two attached hydrogens (primary N) is 1. The molecule has 14 heavy (non-hydrogen) atoms. The van der Waals surface area contributed by atoms with Gasteiger partial charge in [-0.15, -0.1) is 11.3 Å². The minimum atomic E-state index is 0.784. The van der Waals surface area contributed by atoms with Crippen LogP contribution in [0.3, 0.4) is 0 Å². The molecule has 2 N–H and O–H groups in total. The largest absolute Gasteiger partial charge is 0.389 e. The predicted octanol–water partition coefficient (Wildman–Crippen LogP) is 3.67. The van der Waals surface area contributed by atoms with E-state index in [1.54, 1.807) is 0 Å². The first-order valence-corrected chi connectivity index (χ1v) is 6.22. The van der Waals surface area contributed by atoms with Crippen LogP contribution in [0, 0.1) is 0 Å². The average Bonchev–Trinajstić information content (AvgIpc) is 2.71. The number of nitrogens with zero attached hydrogens (tertiary/aromatic N) is 1. The van der Waals surface area contributed by atoms with Crippen molar-refractivity contribution in [2.45, 2.75) is 13.3 Å². The van der Waals surface area contributed by atoms with Crippen molar-refractivity contribution < 1.29 is 0 Å². The Kier molecular flexibility index (Phi) is 2.76. The minimum absolute atomic E-state index is 0.784. The van der Waals surface area contributed by atoms with Crippen LogP contribution in [0.5, 0.6) is 0 Å². The molecule has 2 rings (SSSR count). The molecule has 2 aromatic rings. The molecule has 0 unspecified atom stereocenters. The number of nitrogen functional groups attached to an aromatic ring is 1. The van der Waals surface area contributed by atoms with Gasteiger partial charge < -0.3 is 5.73 Å². The van der Waals surface area contributed by atoms with Crippen molar-refractivity contribution in [2.75, 3.05) is 5.73 Å². The van der Waals surface area contributed by atoms with E-state index in [1.165, 1.54) is 22.7 Å². The Morgan fingerprint density at radius 1 is 1.43 bits per heavy atom. The number of thiazole rings is 1. The third-order valence-corrected chi connectivity index (χ3v) is 4.17. The summed E-state index contributed by atoms with van der Waals surface area (Å²) < 4.78 is 0.784. The molecule has 2 heterocycles. The van der Waals surface area contributed by atoms with Crippen molar-refractivity contribution >= 4 is 39.3 Å². The van der Waals surface area contributed by atoms with Crippen molar-refractivity contribution in [3.05, 3.63) is 22.2 Å². The van der Waals surface area contributed by atoms with Gasteiger partial charge in [0.15, 0.2) is 0 Å². The van der Waals surface area contributed by atoms with Crippen LogP contribution in [0.15, 0.2) is 12.1 Å². The standard InChI is InChI=1S/C9H9ClN2S2/c1-2-5-8(11)14-9(12-5)6-3-4-7(10)13-6/h3-4H,2,11H2,1H3. The zero-order chi connectivity index (χ0) is 10.1. The van der Waals surface area contributed by atoms with E-state index in [-0.39, 0.29) is 0 Å². The highest BCUT2D eigenvalue weighted by Crippen LogP contribution is 2.36. The summed E-state index contributed by atoms with van der Waals surface area (Å²) in [7, 11) is 0. The minimum Gasteiger partial charge on any atom is -0.389 e. The van der Waals surface area contributed by atoms with Gasteiger partial charge in [-0.05, 0) is 18.6 Å². The number of anilines is 1. The number of thiophene rings is 1. The van der Waals surface area contributed by atoms with Crippen molar-refractivity contribution in [1.29, 1.82) is 0 Å². The van der Waals surface area contributed by atoms with Crippen molar-refractivity contribution in [1.82, 2.24) is 4.98 Å². The lowest BCUT2D eigenvalue weighted by Gasteiger charge is -1.87. The lowest BCUT2D eigenvalue weighted by molar-refractivity contribution is 1.07. The Morgan fingerprint density at radius 3 is 2.71 bits per heavy atom. The van der Waals surface area contributed by atoms with Gasteiger partial charge in [-0.3, -0.25) is 0 Å². The fourth-order valence-electron chi connectivity index (χ4n) is 1.15. The van der Waals surface area contributed by atoms with Crippen molar-refractivity contribution in [2.24, 2.45) is 0 Å². The van der Waals surface area contributed by atoms with Gasteiger partial charge in [0, 0.05) is 0 Å². The van der Waals surface area contributed by atoms with Crippen molar-refractivity contribution in [3.63, 3.8) is 0 Å². The monoisotopic (exact) mass is 244 g/mol. The summed E-state index contributed by atoms with van der Waals surface area (Å²) >= 11 is 8.91. The fraction of sp³-hybridized carbons (Fsp3) is 0.222. The Balaban J connectivity index is 2.42. The van der Waals surface area contributed by atoms with E-state index >= 15 is 0 Å². The first-order valence-electron chi connectivity index (χ1n) is 4.21. The Hall–Kier alpha value is -0.580. The topological polar surface area (TPSA) is 38.9 Å². The van der Waals surface area contributed by atoms with E-state index in [1.807, 2.05) is 12.1 Å². The summed E-state index contributed by atoms with van der Waals surface area (Å²) in [6.45, 7) is 2.05. The predicted molar refractivity (Wildman–Crippen MR) is 64.2 cm³/mol. The maximum absolute atomic E-state index is 5.85. The smallest absolute Gasteiger partial charge is 0.135 e. The molecule has 0 amide bonds. The fourth-order valence-corrected chi connectivity index (χ4v) is 3.17. The van der Waals surface area contributed by atoms with Crippen LogP contribution in [0.1, 0.15) is 12.6 Å². The van der Waals surface area contributed by atoms with E-state index in [9.17, 15) is 0 Å². The highest BCUT2D eigenvalue weighted by Gasteiger charge is 2.10. The Bertz CT molecular complexity index is 447. The SMILES string of the molecule is CCc1nc(-c2ccc(Cl)s2)sc1N. The normalized spacial score (nSPS) is 10.7. The molecule has 74 valence electrons. The second-order valence-electron chi connectivity index (χ2n) is 2.79. The van der Waals surface area contributed by atoms with Gasteiger partial charge in [0.05, 0.1) is 14.9 Å². The summed E-state index contributed by atoms with van der Waals surface area (Å²) in [4.78, 5) is 5.55. The zero-order valence-electron chi connectivity index (χ0n) is 7.58. The summed E-state index contributed by atoms with van der Waals surface area (Å²) in [5, 5.41) is 1.78. The average molecular weight is 245 g/mol. The van der Waals surface area contributed by atoms with Gasteiger partial charge in [0.1, 0.15) is 10.0 Å². The molecule has 2 aromatic heterocycles. The van der Waals surface area contributed by atoms with Gasteiger partial charge in [-0.25, -0.2) is 4.98 Å². The molecule has 0 radical (unpaired) electrons. The lowest BCUT2D eigenvalue weighted by atomic mass is 10.3. The maximum atomic E-state index is 5.85. The maximum Gasteiger partial charge on any atom is 0.135 e. The van der Waals surface area contributed by atoms with Gasteiger partial charge in [0.2, 0.25) is 0 Å². The first-order chi connectivity index (χ1) is 6.70. The summed E-state index contributed by atoms with van der Waals surface area (Å²) in [6.07, 6.45) is 0.876. The van der Waals surface area contributed by atoms with E-state index in [0.717, 1.165) is 31.3 Å². The number of halogens is 1. The molecule has 0 bridgehead atoms. The van der Waals surface area contributed by atoms with Crippen LogP contribution < -0.4 is 5.73 Å². The van der Waals surface area contributed by atoms with Gasteiger partial charge in [-0.1, -0.05) is 29.9 Å². The molecule has 0 saturated heterocycles. The van der Waals surface area contributed by atoms with E-state index in [2.05, 4.69) is 11.9 Å². The Morgan fingerprint density at radius 2 is 2.21 bits per heavy atom. The molecule has 0 aliphatic carbocycles. The third kappa shape index (κ3) is 1.78. The lowest BCUT2D eigenvalue weighted by Crippen LogP contribution is -1.87. The van der Waals surface area contributed by atoms with Gasteiger partial charge >= 0.3 is 0 Å². The summed E-state index contributed by atoms with van der Waals surface area (Å²) in [5.74, 6) is 0. The van der Waals surface area contributed by atoms with Crippen LogP contribution >= 0.6 is 34.3 Å². The number of aromatic nitrogens is 1. The molecular formula is C9H9ClN2S2. The van der Waals surface area contributed by atoms with Crippen LogP contribution in [0.25, 0.3) is 9.88 Å². The number of hydrogen-bond donors (Lipinski definition) is 1. The highest BCUT2D eigenvalue weighted by atomic mass is 35.5. The number of hydrogen-bond acceptors (Lipinski definition) is 4. The molecule has 5 heteroatoms. The van der Waals surface area contributed by atoms with Crippen molar-refractivity contribution in [3.8, 4) is 9.88 Å². The molecule has 0 aromatic carbocycles. The summed E-state index contributed by atoms with van der Waals surface area (Å²) in [5.41, 5.74) is 6.80. The molecule has 0 atom stereocenters. The molecule has 0 spiro atoms. The Labute approximate surface area is 95.4 Å². The number of aryl methyl sites for hydroxylation is 1. The van der Waals surface area contributed by atoms with Crippen LogP contribution in [0.4, 0.5) is 5.00 Å². The van der Waals surface area contributed by atoms with Crippen LogP contribution in [-0.2, 0) is 6.42 Å². The first kappa shape index (κ1) is 9.96. The molecule has 0 saturated carbocycles. The molecular weight excluding hydrogens is 236 g/mol. The molecule has 0 aliphatic heterocycles. The van der Waals surface area contributed by atoms with E-state index in [0.29, 0.717) is 0 Å². The molecule has 0 aliphatic rings.